The molecule has 0 radical (unpaired) electrons. The first-order chi connectivity index (χ1) is 20.9. The first-order valence-corrected chi connectivity index (χ1v) is 34.0. The van der Waals surface area contributed by atoms with Gasteiger partial charge >= 0.3 is 266 Å². The van der Waals surface area contributed by atoms with Crippen molar-refractivity contribution in [2.24, 2.45) is 0 Å². The van der Waals surface area contributed by atoms with Crippen molar-refractivity contribution in [3.8, 4) is 22.3 Å². The number of hydrogen-bond donors (Lipinski definition) is 0. The predicted octanol–water partition coefficient (Wildman–Crippen LogP) is 13.1. The molecule has 44 heavy (non-hydrogen) atoms. The van der Waals surface area contributed by atoms with Gasteiger partial charge in [0.1, 0.15) is 0 Å². The first-order valence-electron chi connectivity index (χ1n) is 17.0. The second-order valence-corrected chi connectivity index (χ2v) is 55.4. The van der Waals surface area contributed by atoms with Gasteiger partial charge in [-0.2, -0.15) is 0 Å². The van der Waals surface area contributed by atoms with E-state index in [4.69, 9.17) is 0 Å². The van der Waals surface area contributed by atoms with Crippen LogP contribution in [0.3, 0.4) is 0 Å². The molecule has 0 nitrogen and oxygen atoms in total. The molecule has 0 heterocycles. The average molecular weight is 746 g/mol. The number of hydrogen-bond acceptors (Lipinski definition) is 0. The maximum atomic E-state index is 2.89. The Morgan fingerprint density at radius 2 is 1.05 bits per heavy atom. The topological polar surface area (TPSA) is 0 Å². The van der Waals surface area contributed by atoms with Gasteiger partial charge in [0.2, 0.25) is 0 Å². The molecule has 0 N–H and O–H groups in total. The average Bonchev–Trinajstić information content (AvgIpc) is 3.67. The van der Waals surface area contributed by atoms with Gasteiger partial charge in [-0.15, -0.1) is 0 Å². The summed E-state index contributed by atoms with van der Waals surface area (Å²) in [5.74, 6) is 1.03. The molecule has 2 aliphatic carbocycles. The monoisotopic (exact) mass is 747 g/mol. The molecule has 0 amide bonds. The van der Waals surface area contributed by atoms with Crippen molar-refractivity contribution < 1.29 is 16.5 Å². The molecule has 0 fully saturated rings. The fraction of sp³-hybridized carbons (Fsp3) is 0.326. The Morgan fingerprint density at radius 1 is 0.614 bits per heavy atom. The Labute approximate surface area is 264 Å². The van der Waals surface area contributed by atoms with Gasteiger partial charge in [-0.25, -0.2) is 0 Å². The number of benzene rings is 4. The summed E-state index contributed by atoms with van der Waals surface area (Å²) in [6, 6.07) is 32.6. The zero-order chi connectivity index (χ0) is 31.3. The normalized spacial score (nSPS) is 18.8. The van der Waals surface area contributed by atoms with Crippen LogP contribution in [0.25, 0.3) is 34.4 Å². The van der Waals surface area contributed by atoms with E-state index in [1.54, 1.807) is 0 Å². The third kappa shape index (κ3) is 5.04. The fourth-order valence-electron chi connectivity index (χ4n) is 8.59. The summed E-state index contributed by atoms with van der Waals surface area (Å²) in [6.07, 6.45) is 12.5. The van der Waals surface area contributed by atoms with Gasteiger partial charge in [-0.05, 0) is 0 Å². The van der Waals surface area contributed by atoms with E-state index in [9.17, 15) is 0 Å². The minimum atomic E-state index is -4.50. The van der Waals surface area contributed by atoms with Crippen LogP contribution in [-0.4, -0.2) is 3.76 Å². The maximum absolute atomic E-state index is 4.50. The standard InChI is InChI=1S/2C18H17.C4H8.3CH3.Hf/c2*1-13(2)15-8-3-9-16(12-15)18-11-5-7-14-6-4-10-17(14)18;1-3-4-2;;;;/h2*3-13H,1-2H3;1H,3-4H2,2H3;3*1H3;. The van der Waals surface area contributed by atoms with E-state index in [0.29, 0.717) is 19.2 Å². The molecule has 0 spiro atoms. The molecule has 0 aromatic heterocycles. The summed E-state index contributed by atoms with van der Waals surface area (Å²) >= 11 is -4.50. The van der Waals surface area contributed by atoms with Gasteiger partial charge in [0.15, 0.2) is 0 Å². The van der Waals surface area contributed by atoms with Gasteiger partial charge in [0.25, 0.3) is 0 Å². The van der Waals surface area contributed by atoms with Crippen LogP contribution >= 0.6 is 0 Å². The summed E-state index contributed by atoms with van der Waals surface area (Å²) in [7, 11) is 0. The van der Waals surface area contributed by atoms with Gasteiger partial charge in [0.05, 0.1) is 0 Å². The summed E-state index contributed by atoms with van der Waals surface area (Å²) in [5, 5.41) is 0. The van der Waals surface area contributed by atoms with Crippen LogP contribution in [0.2, 0.25) is 14.0 Å². The van der Waals surface area contributed by atoms with E-state index in [0.717, 1.165) is 6.42 Å². The molecular weight excluding hydrogens is 695 g/mol. The quantitative estimate of drug-likeness (QED) is 0.158. The van der Waals surface area contributed by atoms with E-state index in [2.05, 4.69) is 162 Å². The molecular formula is C43H51Hf. The molecule has 0 saturated carbocycles. The Hall–Kier alpha value is -2.90. The van der Waals surface area contributed by atoms with E-state index in [1.165, 1.54) is 62.1 Å². The summed E-state index contributed by atoms with van der Waals surface area (Å²) in [5.41, 5.74) is 14.1. The van der Waals surface area contributed by atoms with Crippen LogP contribution in [0.4, 0.5) is 0 Å². The molecule has 2 aliphatic rings. The zero-order valence-electron chi connectivity index (χ0n) is 28.2. The molecule has 2 unspecified atom stereocenters. The van der Waals surface area contributed by atoms with Gasteiger partial charge in [0, 0.05) is 0 Å². The second-order valence-electron chi connectivity index (χ2n) is 16.4. The minimum absolute atomic E-state index is 0.424. The van der Waals surface area contributed by atoms with Crippen LogP contribution in [0, 0.1) is 0 Å². The molecule has 4 aromatic carbocycles. The molecule has 0 aliphatic heterocycles. The predicted molar refractivity (Wildman–Crippen MR) is 194 cm³/mol. The fourth-order valence-corrected chi connectivity index (χ4v) is 34.7. The molecule has 6 rings (SSSR count). The van der Waals surface area contributed by atoms with Crippen molar-refractivity contribution in [1.29, 1.82) is 0 Å². The van der Waals surface area contributed by atoms with Crippen LogP contribution in [0.5, 0.6) is 0 Å². The van der Waals surface area contributed by atoms with Crippen LogP contribution in [0.1, 0.15) is 100 Å². The summed E-state index contributed by atoms with van der Waals surface area (Å²) in [6.45, 7) is 11.5. The number of fused-ring (bicyclic) bond motifs is 2. The Morgan fingerprint density at radius 3 is 1.45 bits per heavy atom. The van der Waals surface area contributed by atoms with E-state index < -0.39 is 16.5 Å². The van der Waals surface area contributed by atoms with Crippen LogP contribution < -0.4 is 0 Å². The van der Waals surface area contributed by atoms with Crippen molar-refractivity contribution in [3.63, 3.8) is 0 Å². The van der Waals surface area contributed by atoms with Crippen molar-refractivity contribution in [3.05, 3.63) is 130 Å². The van der Waals surface area contributed by atoms with Gasteiger partial charge < -0.3 is 0 Å². The van der Waals surface area contributed by atoms with Crippen molar-refractivity contribution >= 4 is 15.9 Å². The Balaban J connectivity index is 1.52. The SMILES string of the molecule is CCC[CH]=[Hf]([CH3])([CH3])([CH3])([CH]1C=Cc2c(-c3cccc(C(C)C)c3)cccc21)[CH]1C=Cc2c(-c3cccc(C(C)C)c3)cccc21. The Kier molecular flexibility index (Phi) is 7.68. The zero-order valence-corrected chi connectivity index (χ0v) is 31.8. The molecule has 2 atom stereocenters. The molecule has 227 valence electrons. The third-order valence-electron chi connectivity index (χ3n) is 11.5. The van der Waals surface area contributed by atoms with Crippen LogP contribution in [0.15, 0.2) is 97.1 Å². The second kappa shape index (κ2) is 10.9. The van der Waals surface area contributed by atoms with Crippen molar-refractivity contribution in [2.45, 2.75) is 80.7 Å². The van der Waals surface area contributed by atoms with Crippen LogP contribution in [-0.2, 0) is 16.5 Å². The van der Waals surface area contributed by atoms with E-state index >= 15 is 0 Å². The number of rotatable bonds is 8. The first kappa shape index (κ1) is 31.1. The molecule has 1 heteroatoms. The molecule has 4 aromatic rings. The number of allylic oxidation sites excluding steroid dienone is 2. The van der Waals surface area contributed by atoms with Gasteiger partial charge in [-0.1, -0.05) is 0 Å². The Bertz CT molecular complexity index is 1760. The summed E-state index contributed by atoms with van der Waals surface area (Å²) in [4.78, 5) is 0. The van der Waals surface area contributed by atoms with E-state index in [-0.39, 0.29) is 0 Å². The third-order valence-corrected chi connectivity index (χ3v) is 40.8. The van der Waals surface area contributed by atoms with Gasteiger partial charge in [-0.3, -0.25) is 0 Å². The van der Waals surface area contributed by atoms with Crippen molar-refractivity contribution in [1.82, 2.24) is 0 Å². The molecule has 0 bridgehead atoms. The summed E-state index contributed by atoms with van der Waals surface area (Å²) < 4.78 is 12.0. The number of unbranched alkanes of at least 4 members (excludes halogenated alkanes) is 1. The van der Waals surface area contributed by atoms with Crippen molar-refractivity contribution in [2.75, 3.05) is 0 Å². The molecule has 0 saturated heterocycles. The van der Waals surface area contributed by atoms with E-state index in [1.807, 2.05) is 0 Å².